The van der Waals surface area contributed by atoms with Crippen LogP contribution in [0.3, 0.4) is 0 Å². The topological polar surface area (TPSA) is 114 Å². The standard InChI is InChI=1S/C23H24F3N3O5S/c24-23(25,26)16-10-11-19-18(12-16)28-21(29-35(19,32)33)14-6-8-15(9-7-14)22(31)34-13-20(30)27-17-4-2-1-3-5-17/h6-12,17,21,28-29H,1-5,13H2,(H,27,30)/t21-/m1/s1. The van der Waals surface area contributed by atoms with E-state index in [0.29, 0.717) is 11.6 Å². The second kappa shape index (κ2) is 9.86. The number of rotatable bonds is 5. The number of halogens is 3. The molecule has 0 unspecified atom stereocenters. The molecule has 188 valence electrons. The van der Waals surface area contributed by atoms with Crippen LogP contribution in [0.5, 0.6) is 0 Å². The van der Waals surface area contributed by atoms with Gasteiger partial charge in [-0.25, -0.2) is 13.2 Å². The van der Waals surface area contributed by atoms with Crippen LogP contribution in [0.15, 0.2) is 47.4 Å². The zero-order valence-corrected chi connectivity index (χ0v) is 19.3. The van der Waals surface area contributed by atoms with Gasteiger partial charge in [0.05, 0.1) is 16.8 Å². The molecule has 0 saturated heterocycles. The van der Waals surface area contributed by atoms with Gasteiger partial charge in [0, 0.05) is 6.04 Å². The van der Waals surface area contributed by atoms with Gasteiger partial charge in [0.2, 0.25) is 10.0 Å². The van der Waals surface area contributed by atoms with E-state index in [4.69, 9.17) is 4.74 Å². The van der Waals surface area contributed by atoms with Crippen molar-refractivity contribution in [1.82, 2.24) is 10.0 Å². The Kier molecular flexibility index (Phi) is 7.04. The average Bonchev–Trinajstić information content (AvgIpc) is 2.82. The monoisotopic (exact) mass is 511 g/mol. The Bertz CT molecular complexity index is 1210. The maximum absolute atomic E-state index is 13.1. The second-order valence-corrected chi connectivity index (χ2v) is 10.2. The first-order valence-electron chi connectivity index (χ1n) is 11.1. The van der Waals surface area contributed by atoms with Crippen LogP contribution in [-0.2, 0) is 25.7 Å². The zero-order valence-electron chi connectivity index (χ0n) is 18.5. The summed E-state index contributed by atoms with van der Waals surface area (Å²) in [5.74, 6) is -1.10. The molecule has 0 aromatic heterocycles. The van der Waals surface area contributed by atoms with Crippen LogP contribution in [0.4, 0.5) is 18.9 Å². The third kappa shape index (κ3) is 5.93. The average molecular weight is 512 g/mol. The predicted octanol–water partition coefficient (Wildman–Crippen LogP) is 3.71. The lowest BCUT2D eigenvalue weighted by Crippen LogP contribution is -2.38. The number of benzene rings is 2. The second-order valence-electron chi connectivity index (χ2n) is 8.51. The first-order valence-corrected chi connectivity index (χ1v) is 12.6. The largest absolute Gasteiger partial charge is 0.452 e. The molecule has 12 heteroatoms. The minimum Gasteiger partial charge on any atom is -0.452 e. The number of amides is 1. The summed E-state index contributed by atoms with van der Waals surface area (Å²) >= 11 is 0. The van der Waals surface area contributed by atoms with Gasteiger partial charge in [0.25, 0.3) is 5.91 Å². The van der Waals surface area contributed by atoms with E-state index in [-0.39, 0.29) is 28.1 Å². The Morgan fingerprint density at radius 3 is 2.37 bits per heavy atom. The first-order chi connectivity index (χ1) is 16.5. The molecule has 1 amide bonds. The molecule has 2 aromatic rings. The molecular formula is C23H24F3N3O5S. The normalized spacial score (nSPS) is 19.8. The van der Waals surface area contributed by atoms with Gasteiger partial charge in [-0.3, -0.25) is 4.79 Å². The fourth-order valence-electron chi connectivity index (χ4n) is 4.15. The zero-order chi connectivity index (χ0) is 25.2. The Morgan fingerprint density at radius 1 is 1.03 bits per heavy atom. The van der Waals surface area contributed by atoms with Crippen molar-refractivity contribution in [2.24, 2.45) is 0 Å². The van der Waals surface area contributed by atoms with Crippen molar-refractivity contribution in [2.45, 2.75) is 55.4 Å². The Balaban J connectivity index is 1.40. The molecule has 2 aromatic carbocycles. The maximum Gasteiger partial charge on any atom is 0.416 e. The van der Waals surface area contributed by atoms with Crippen LogP contribution < -0.4 is 15.4 Å². The summed E-state index contributed by atoms with van der Waals surface area (Å²) in [4.78, 5) is 24.0. The van der Waals surface area contributed by atoms with Crippen molar-refractivity contribution in [3.8, 4) is 0 Å². The van der Waals surface area contributed by atoms with Crippen LogP contribution in [0.1, 0.15) is 59.8 Å². The maximum atomic E-state index is 13.1. The van der Waals surface area contributed by atoms with E-state index < -0.39 is 40.5 Å². The summed E-state index contributed by atoms with van der Waals surface area (Å²) < 4.78 is 71.7. The number of nitrogens with one attached hydrogen (secondary N) is 3. The molecule has 1 atom stereocenters. The fourth-order valence-corrected chi connectivity index (χ4v) is 5.44. The Hall–Kier alpha value is -3.12. The van der Waals surface area contributed by atoms with Gasteiger partial charge in [-0.05, 0) is 48.7 Å². The number of carbonyl (C=O) groups excluding carboxylic acids is 2. The number of alkyl halides is 3. The molecule has 4 rings (SSSR count). The molecule has 3 N–H and O–H groups in total. The third-order valence-corrected chi connectivity index (χ3v) is 7.43. The number of hydrogen-bond acceptors (Lipinski definition) is 6. The molecule has 1 fully saturated rings. The fraction of sp³-hybridized carbons (Fsp3) is 0.391. The van der Waals surface area contributed by atoms with Crippen molar-refractivity contribution < 1.29 is 35.9 Å². The number of ether oxygens (including phenoxy) is 1. The molecule has 1 saturated carbocycles. The highest BCUT2D eigenvalue weighted by molar-refractivity contribution is 7.89. The van der Waals surface area contributed by atoms with Crippen molar-refractivity contribution in [1.29, 1.82) is 0 Å². The summed E-state index contributed by atoms with van der Waals surface area (Å²) in [5.41, 5.74) is -0.665. The minimum atomic E-state index is -4.63. The number of sulfonamides is 1. The van der Waals surface area contributed by atoms with E-state index in [1.54, 1.807) is 0 Å². The number of anilines is 1. The van der Waals surface area contributed by atoms with E-state index in [0.717, 1.165) is 44.2 Å². The number of hydrogen-bond donors (Lipinski definition) is 3. The Labute approximate surface area is 200 Å². The summed E-state index contributed by atoms with van der Waals surface area (Å²) in [7, 11) is -4.07. The molecule has 1 aliphatic carbocycles. The SMILES string of the molecule is O=C(COC(=O)c1ccc([C@@H]2Nc3cc(C(F)(F)F)ccc3S(=O)(=O)N2)cc1)NC1CCCCC1. The summed E-state index contributed by atoms with van der Waals surface area (Å²) in [6, 6.07) is 8.09. The number of carbonyl (C=O) groups is 2. The van der Waals surface area contributed by atoms with Gasteiger partial charge in [-0.15, -0.1) is 0 Å². The summed E-state index contributed by atoms with van der Waals surface area (Å²) in [6.45, 7) is -0.417. The lowest BCUT2D eigenvalue weighted by atomic mass is 9.95. The summed E-state index contributed by atoms with van der Waals surface area (Å²) in [5, 5.41) is 5.60. The molecule has 8 nitrogen and oxygen atoms in total. The lowest BCUT2D eigenvalue weighted by Gasteiger charge is -2.29. The smallest absolute Gasteiger partial charge is 0.416 e. The van der Waals surface area contributed by atoms with Crippen molar-refractivity contribution in [2.75, 3.05) is 11.9 Å². The van der Waals surface area contributed by atoms with Crippen molar-refractivity contribution in [3.05, 3.63) is 59.2 Å². The van der Waals surface area contributed by atoms with Crippen LogP contribution >= 0.6 is 0 Å². The molecule has 0 radical (unpaired) electrons. The first kappa shape index (κ1) is 25.0. The van der Waals surface area contributed by atoms with Crippen LogP contribution in [-0.4, -0.2) is 32.9 Å². The number of esters is 1. The highest BCUT2D eigenvalue weighted by Crippen LogP contribution is 2.37. The quantitative estimate of drug-likeness (QED) is 0.528. The van der Waals surface area contributed by atoms with Gasteiger partial charge in [0.15, 0.2) is 6.61 Å². The molecule has 35 heavy (non-hydrogen) atoms. The Morgan fingerprint density at radius 2 is 1.71 bits per heavy atom. The van der Waals surface area contributed by atoms with Gasteiger partial charge in [-0.1, -0.05) is 31.4 Å². The summed E-state index contributed by atoms with van der Waals surface area (Å²) in [6.07, 6.45) is -0.616. The minimum absolute atomic E-state index is 0.0957. The lowest BCUT2D eigenvalue weighted by molar-refractivity contribution is -0.137. The third-order valence-electron chi connectivity index (χ3n) is 5.95. The molecule has 1 heterocycles. The van der Waals surface area contributed by atoms with Gasteiger partial charge in [0.1, 0.15) is 11.1 Å². The van der Waals surface area contributed by atoms with Crippen LogP contribution in [0.25, 0.3) is 0 Å². The molecule has 2 aliphatic rings. The van der Waals surface area contributed by atoms with E-state index in [2.05, 4.69) is 15.4 Å². The van der Waals surface area contributed by atoms with Gasteiger partial charge in [-0.2, -0.15) is 17.9 Å². The highest BCUT2D eigenvalue weighted by atomic mass is 32.2. The van der Waals surface area contributed by atoms with Crippen LogP contribution in [0, 0.1) is 0 Å². The molecular weight excluding hydrogens is 487 g/mol. The predicted molar refractivity (Wildman–Crippen MR) is 120 cm³/mol. The highest BCUT2D eigenvalue weighted by Gasteiger charge is 2.35. The van der Waals surface area contributed by atoms with Crippen molar-refractivity contribution >= 4 is 27.6 Å². The van der Waals surface area contributed by atoms with Gasteiger partial charge < -0.3 is 15.4 Å². The van der Waals surface area contributed by atoms with E-state index in [1.807, 2.05) is 0 Å². The molecule has 0 bridgehead atoms. The van der Waals surface area contributed by atoms with E-state index in [9.17, 15) is 31.2 Å². The van der Waals surface area contributed by atoms with Crippen LogP contribution in [0.2, 0.25) is 0 Å². The van der Waals surface area contributed by atoms with E-state index >= 15 is 0 Å². The number of fused-ring (bicyclic) bond motifs is 1. The molecule has 0 spiro atoms. The van der Waals surface area contributed by atoms with Gasteiger partial charge >= 0.3 is 12.1 Å². The van der Waals surface area contributed by atoms with E-state index in [1.165, 1.54) is 24.3 Å². The van der Waals surface area contributed by atoms with Crippen molar-refractivity contribution in [3.63, 3.8) is 0 Å². The molecule has 1 aliphatic heterocycles.